The number of esters is 1. The molecule has 0 bridgehead atoms. The number of nitrogen functional groups attached to an aromatic ring is 2. The summed E-state index contributed by atoms with van der Waals surface area (Å²) < 4.78 is 63.4. The van der Waals surface area contributed by atoms with Crippen LogP contribution in [-0.2, 0) is 40.1 Å². The van der Waals surface area contributed by atoms with Crippen LogP contribution in [0.15, 0.2) is 94.7 Å². The molecule has 0 saturated carbocycles. The minimum absolute atomic E-state index is 0.000883. The molecule has 24 nitrogen and oxygen atoms in total. The number of rotatable bonds is 17. The Balaban J connectivity index is 0.794. The van der Waals surface area contributed by atoms with Gasteiger partial charge in [0.05, 0.1) is 44.7 Å². The van der Waals surface area contributed by atoms with Crippen molar-refractivity contribution in [3.05, 3.63) is 135 Å². The van der Waals surface area contributed by atoms with Gasteiger partial charge in [0.25, 0.3) is 27.8 Å². The van der Waals surface area contributed by atoms with E-state index in [0.717, 1.165) is 5.52 Å². The summed E-state index contributed by atoms with van der Waals surface area (Å²) in [5.74, 6) is -2.57. The van der Waals surface area contributed by atoms with E-state index in [2.05, 4.69) is 31.3 Å². The molecule has 4 amide bonds. The molecule has 2 aliphatic rings. The van der Waals surface area contributed by atoms with Crippen molar-refractivity contribution in [3.63, 3.8) is 0 Å². The molecule has 2 aliphatic heterocycles. The predicted molar refractivity (Wildman–Crippen MR) is 284 cm³/mol. The molecule has 5 heterocycles. The number of nitrogens with zero attached hydrogens (tertiary/aromatic N) is 6. The molecule has 1 unspecified atom stereocenters. The first kappa shape index (κ1) is 51.5. The number of benzene rings is 5. The molecule has 0 radical (unpaired) electrons. The number of carbonyl (C=O) groups is 5. The Morgan fingerprint density at radius 3 is 1.95 bits per heavy atom. The van der Waals surface area contributed by atoms with Crippen LogP contribution < -0.4 is 43.2 Å². The van der Waals surface area contributed by atoms with Gasteiger partial charge in [0.2, 0.25) is 17.8 Å². The SMILES string of the molecule is CCn1nc(C)cc1C(=O)Nc1nc2cc(C(N)=O)ccc2n1CCCCn1c(NC)nc2cc(C(=O)NCCNC(=O)c3ccc4c(c3)C(=O)OC43c4ccc(N)c(SO)c4Oc4c3ccc(N)c4S(=O)(=O)O)ccc21. The van der Waals surface area contributed by atoms with Crippen LogP contribution in [0.3, 0.4) is 0 Å². The van der Waals surface area contributed by atoms with Crippen LogP contribution in [0.25, 0.3) is 22.1 Å². The zero-order valence-corrected chi connectivity index (χ0v) is 43.0. The van der Waals surface area contributed by atoms with Crippen LogP contribution >= 0.6 is 12.0 Å². The Hall–Kier alpha value is -8.98. The maximum Gasteiger partial charge on any atom is 0.340 e. The summed E-state index contributed by atoms with van der Waals surface area (Å²) in [6.45, 7) is 5.25. The monoisotopic (exact) mass is 1080 g/mol. The molecule has 0 saturated heterocycles. The summed E-state index contributed by atoms with van der Waals surface area (Å²) >= 11 is 0.212. The molecule has 12 N–H and O–H groups in total. The zero-order chi connectivity index (χ0) is 54.7. The van der Waals surface area contributed by atoms with Gasteiger partial charge in [-0.3, -0.25) is 33.7 Å². The third-order valence-corrected chi connectivity index (χ3v) is 14.9. The highest BCUT2D eigenvalue weighted by molar-refractivity contribution is 7.94. The van der Waals surface area contributed by atoms with Crippen LogP contribution in [0.4, 0.5) is 23.3 Å². The van der Waals surface area contributed by atoms with Gasteiger partial charge in [-0.05, 0) is 106 Å². The number of ether oxygens (including phenoxy) is 2. The van der Waals surface area contributed by atoms with Crippen molar-refractivity contribution in [2.24, 2.45) is 5.73 Å². The third kappa shape index (κ3) is 9.04. The number of unbranched alkanes of at least 4 members (excludes halogenated alkanes) is 1. The highest BCUT2D eigenvalue weighted by atomic mass is 32.2. The molecule has 0 fully saturated rings. The van der Waals surface area contributed by atoms with E-state index in [4.69, 9.17) is 31.7 Å². The van der Waals surface area contributed by atoms with E-state index in [9.17, 15) is 41.5 Å². The van der Waals surface area contributed by atoms with Crippen molar-refractivity contribution in [2.75, 3.05) is 42.2 Å². The Morgan fingerprint density at radius 1 is 0.753 bits per heavy atom. The molecule has 26 heteroatoms. The number of nitrogens with one attached hydrogen (secondary N) is 4. The minimum Gasteiger partial charge on any atom is -0.454 e. The van der Waals surface area contributed by atoms with Crippen LogP contribution in [0, 0.1) is 6.92 Å². The fraction of sp³-hybridized carbons (Fsp3) is 0.216. The number of anilines is 4. The minimum atomic E-state index is -5.03. The molecular formula is C51H49N13O11S2. The standard InChI is InChI=1S/C51H49N13O11S2/c1-4-64-39(21-25(2)61-64)47(68)60-50-59-35-23-26(44(54)65)8-15-38(35)63(50)20-6-5-19-62-37-16-9-28(24-36(37)58-49(62)55-3)46(67)57-18-17-56-45(66)27-7-10-30-29(22-27)48(69)75-51(30)31-11-13-33(52)42(76-70)40(31)74-41-32(51)12-14-34(53)43(41)77(71,72)73/h7-16,21-24,70H,4-6,17-20,52-53H2,1-3H3,(H2,54,65)(H,55,58)(H,56,66)(H,57,67)(H,59,60,68)(H,71,72,73). The maximum atomic E-state index is 13.8. The highest BCUT2D eigenvalue weighted by Gasteiger charge is 2.55. The first-order valence-electron chi connectivity index (χ1n) is 24.0. The molecule has 5 aromatic carbocycles. The fourth-order valence-corrected chi connectivity index (χ4v) is 11.0. The van der Waals surface area contributed by atoms with E-state index in [1.54, 1.807) is 54.2 Å². The van der Waals surface area contributed by atoms with Gasteiger partial charge in [0.15, 0.2) is 22.0 Å². The van der Waals surface area contributed by atoms with Crippen molar-refractivity contribution < 1.29 is 51.0 Å². The number of carbonyl (C=O) groups excluding carboxylic acids is 5. The lowest BCUT2D eigenvalue weighted by Gasteiger charge is -2.37. The van der Waals surface area contributed by atoms with Crippen molar-refractivity contribution in [1.82, 2.24) is 39.5 Å². The highest BCUT2D eigenvalue weighted by Crippen LogP contribution is 2.60. The average molecular weight is 1080 g/mol. The first-order chi connectivity index (χ1) is 36.9. The summed E-state index contributed by atoms with van der Waals surface area (Å²) in [5, 5.41) is 16.0. The number of amides is 4. The van der Waals surface area contributed by atoms with Gasteiger partial charge in [-0.1, -0.05) is 6.07 Å². The van der Waals surface area contributed by atoms with Gasteiger partial charge in [0.1, 0.15) is 10.6 Å². The summed E-state index contributed by atoms with van der Waals surface area (Å²) in [6, 6.07) is 21.6. The quantitative estimate of drug-likeness (QED) is 0.0179. The van der Waals surface area contributed by atoms with Crippen LogP contribution in [0.5, 0.6) is 11.5 Å². The number of nitrogens with two attached hydrogens (primary N) is 3. The average Bonchev–Trinajstić information content (AvgIpc) is 4.39. The smallest absolute Gasteiger partial charge is 0.340 e. The Bertz CT molecular complexity index is 3930. The molecule has 77 heavy (non-hydrogen) atoms. The van der Waals surface area contributed by atoms with Crippen LogP contribution in [-0.4, -0.2) is 96.1 Å². The lowest BCUT2D eigenvalue weighted by atomic mass is 9.77. The molecule has 0 aliphatic carbocycles. The largest absolute Gasteiger partial charge is 0.454 e. The van der Waals surface area contributed by atoms with Gasteiger partial charge >= 0.3 is 5.97 Å². The van der Waals surface area contributed by atoms with Crippen molar-refractivity contribution in [1.29, 1.82) is 0 Å². The van der Waals surface area contributed by atoms with Crippen molar-refractivity contribution in [2.45, 2.75) is 61.7 Å². The number of primary amides is 1. The van der Waals surface area contributed by atoms with Gasteiger partial charge in [0, 0.05) is 85.2 Å². The summed E-state index contributed by atoms with van der Waals surface area (Å²) in [5.41, 5.74) is 20.1. The summed E-state index contributed by atoms with van der Waals surface area (Å²) in [7, 11) is -3.28. The molecule has 10 rings (SSSR count). The van der Waals surface area contributed by atoms with E-state index < -0.39 is 50.1 Å². The Morgan fingerprint density at radius 2 is 1.32 bits per heavy atom. The van der Waals surface area contributed by atoms with Gasteiger partial charge < -0.3 is 56.3 Å². The number of hydrogen-bond acceptors (Lipinski definition) is 17. The van der Waals surface area contributed by atoms with E-state index in [0.29, 0.717) is 77.9 Å². The number of fused-ring (bicyclic) bond motifs is 8. The van der Waals surface area contributed by atoms with Crippen molar-refractivity contribution >= 4 is 97.1 Å². The summed E-state index contributed by atoms with van der Waals surface area (Å²) in [4.78, 5) is 74.8. The van der Waals surface area contributed by atoms with Crippen molar-refractivity contribution in [3.8, 4) is 11.5 Å². The number of hydrogen-bond donors (Lipinski definition) is 9. The van der Waals surface area contributed by atoms with Gasteiger partial charge in [-0.2, -0.15) is 13.5 Å². The van der Waals surface area contributed by atoms with E-state index in [1.165, 1.54) is 42.5 Å². The predicted octanol–water partition coefficient (Wildman–Crippen LogP) is 5.49. The lowest BCUT2D eigenvalue weighted by Crippen LogP contribution is -2.35. The van der Waals surface area contributed by atoms with E-state index in [-0.39, 0.29) is 86.4 Å². The lowest BCUT2D eigenvalue weighted by molar-refractivity contribution is 0.0221. The second-order valence-electron chi connectivity index (χ2n) is 18.1. The van der Waals surface area contributed by atoms with E-state index >= 15 is 0 Å². The molecule has 396 valence electrons. The first-order valence-corrected chi connectivity index (χ1v) is 26.2. The van der Waals surface area contributed by atoms with Gasteiger partial charge in [-0.25, -0.2) is 14.8 Å². The molecule has 3 aromatic heterocycles. The molecule has 1 spiro atoms. The number of aromatic nitrogens is 6. The normalized spacial score (nSPS) is 14.4. The zero-order valence-electron chi connectivity index (χ0n) is 41.3. The number of imidazole rings is 2. The third-order valence-electron chi connectivity index (χ3n) is 13.4. The second-order valence-corrected chi connectivity index (χ2v) is 20.0. The van der Waals surface area contributed by atoms with Gasteiger partial charge in [-0.15, -0.1) is 0 Å². The van der Waals surface area contributed by atoms with Crippen LogP contribution in [0.1, 0.15) is 94.1 Å². The molecule has 8 aromatic rings. The topological polar surface area (TPSA) is 358 Å². The molecular weight excluding hydrogens is 1030 g/mol. The Labute approximate surface area is 442 Å². The summed E-state index contributed by atoms with van der Waals surface area (Å²) in [6.07, 6.45) is 1.33. The maximum absolute atomic E-state index is 13.8. The fourth-order valence-electron chi connectivity index (χ4n) is 9.85. The molecule has 1 atom stereocenters. The Kier molecular flexibility index (Phi) is 13.3. The second kappa shape index (κ2) is 19.9. The van der Waals surface area contributed by atoms with E-state index in [1.807, 2.05) is 23.0 Å². The number of aryl methyl sites for hydroxylation is 4. The van der Waals surface area contributed by atoms with Crippen LogP contribution in [0.2, 0.25) is 0 Å².